The maximum atomic E-state index is 12.5. The first-order valence-electron chi connectivity index (χ1n) is 9.69. The van der Waals surface area contributed by atoms with Crippen molar-refractivity contribution in [2.24, 2.45) is 0 Å². The molecule has 1 saturated carbocycles. The van der Waals surface area contributed by atoms with E-state index in [1.165, 1.54) is 24.2 Å². The summed E-state index contributed by atoms with van der Waals surface area (Å²) in [6.45, 7) is 1.14. The van der Waals surface area contributed by atoms with Crippen molar-refractivity contribution in [3.63, 3.8) is 0 Å². The smallest absolute Gasteiger partial charge is 0.321 e. The Bertz CT molecular complexity index is 833. The molecule has 3 amide bonds. The summed E-state index contributed by atoms with van der Waals surface area (Å²) in [4.78, 5) is 31.9. The van der Waals surface area contributed by atoms with Gasteiger partial charge in [0, 0.05) is 23.9 Å². The number of aromatic nitrogens is 1. The summed E-state index contributed by atoms with van der Waals surface area (Å²) < 4.78 is 5.56. The minimum absolute atomic E-state index is 0.0209. The molecule has 0 bridgehead atoms. The van der Waals surface area contributed by atoms with Crippen molar-refractivity contribution in [3.8, 4) is 5.75 Å². The second-order valence-corrected chi connectivity index (χ2v) is 8.22. The normalized spacial score (nSPS) is 16.5. The number of hydrogen-bond acceptors (Lipinski definition) is 5. The van der Waals surface area contributed by atoms with E-state index < -0.39 is 0 Å². The van der Waals surface area contributed by atoms with Crippen LogP contribution in [0, 0.1) is 0 Å². The van der Waals surface area contributed by atoms with Gasteiger partial charge in [-0.05, 0) is 25.0 Å². The maximum Gasteiger partial charge on any atom is 0.321 e. The first-order valence-corrected chi connectivity index (χ1v) is 10.5. The zero-order valence-electron chi connectivity index (χ0n) is 15.6. The molecule has 1 aromatic carbocycles. The predicted octanol–water partition coefficient (Wildman–Crippen LogP) is 3.17. The van der Waals surface area contributed by atoms with Crippen LogP contribution in [0.15, 0.2) is 30.3 Å². The number of ether oxygens (including phenoxy) is 1. The third kappa shape index (κ3) is 4.62. The van der Waals surface area contributed by atoms with Crippen LogP contribution in [-0.2, 0) is 17.8 Å². The topological polar surface area (TPSA) is 83.6 Å². The molecule has 2 heterocycles. The van der Waals surface area contributed by atoms with Gasteiger partial charge in [0.25, 0.3) is 5.91 Å². The molecular weight excluding hydrogens is 376 g/mol. The van der Waals surface area contributed by atoms with Crippen LogP contribution in [0.4, 0.5) is 9.93 Å². The number of thiazole rings is 1. The van der Waals surface area contributed by atoms with E-state index in [1.54, 1.807) is 4.90 Å². The van der Waals surface area contributed by atoms with Crippen LogP contribution in [0.2, 0.25) is 0 Å². The van der Waals surface area contributed by atoms with Crippen LogP contribution in [0.1, 0.15) is 36.3 Å². The largest absolute Gasteiger partial charge is 0.484 e. The third-order valence-corrected chi connectivity index (χ3v) is 6.10. The van der Waals surface area contributed by atoms with Crippen LogP contribution in [0.3, 0.4) is 0 Å². The lowest BCUT2D eigenvalue weighted by Gasteiger charge is -2.26. The molecule has 1 aromatic heterocycles. The number of para-hydroxylation sites is 1. The van der Waals surface area contributed by atoms with E-state index >= 15 is 0 Å². The van der Waals surface area contributed by atoms with Crippen molar-refractivity contribution in [1.29, 1.82) is 0 Å². The number of benzene rings is 1. The molecule has 8 heteroatoms. The number of nitrogens with one attached hydrogen (secondary N) is 2. The molecule has 7 nitrogen and oxygen atoms in total. The van der Waals surface area contributed by atoms with Gasteiger partial charge in [0.05, 0.1) is 12.2 Å². The fourth-order valence-corrected chi connectivity index (χ4v) is 4.62. The fraction of sp³-hybridized carbons (Fsp3) is 0.450. The lowest BCUT2D eigenvalue weighted by Crippen LogP contribution is -2.38. The molecular formula is C20H24N4O3S. The average Bonchev–Trinajstić information content (AvgIpc) is 3.35. The second-order valence-electron chi connectivity index (χ2n) is 7.14. The number of nitrogens with zero attached hydrogens (tertiary/aromatic N) is 2. The van der Waals surface area contributed by atoms with Gasteiger partial charge in [0.2, 0.25) is 0 Å². The predicted molar refractivity (Wildman–Crippen MR) is 108 cm³/mol. The summed E-state index contributed by atoms with van der Waals surface area (Å²) in [6.07, 6.45) is 5.13. The molecule has 2 aromatic rings. The van der Waals surface area contributed by atoms with Crippen LogP contribution in [-0.4, -0.2) is 41.0 Å². The number of hydrogen-bond donors (Lipinski definition) is 2. The molecule has 0 unspecified atom stereocenters. The number of rotatable bonds is 5. The summed E-state index contributed by atoms with van der Waals surface area (Å²) in [6, 6.07) is 9.40. The molecule has 1 aliphatic heterocycles. The Balaban J connectivity index is 1.30. The van der Waals surface area contributed by atoms with Gasteiger partial charge in [-0.1, -0.05) is 42.4 Å². The quantitative estimate of drug-likeness (QED) is 0.808. The highest BCUT2D eigenvalue weighted by atomic mass is 32.1. The van der Waals surface area contributed by atoms with Gasteiger partial charge < -0.3 is 15.0 Å². The van der Waals surface area contributed by atoms with Crippen molar-refractivity contribution in [2.75, 3.05) is 18.5 Å². The van der Waals surface area contributed by atoms with Crippen LogP contribution in [0.5, 0.6) is 5.75 Å². The molecule has 148 valence electrons. The second kappa shape index (κ2) is 8.60. The Kier molecular flexibility index (Phi) is 5.76. The van der Waals surface area contributed by atoms with E-state index in [0.29, 0.717) is 30.4 Å². The van der Waals surface area contributed by atoms with Crippen molar-refractivity contribution < 1.29 is 14.3 Å². The average molecular weight is 401 g/mol. The zero-order valence-corrected chi connectivity index (χ0v) is 16.5. The summed E-state index contributed by atoms with van der Waals surface area (Å²) in [7, 11) is 0. The summed E-state index contributed by atoms with van der Waals surface area (Å²) in [5.41, 5.74) is 0.967. The molecule has 2 aliphatic rings. The highest BCUT2D eigenvalue weighted by molar-refractivity contribution is 7.15. The summed E-state index contributed by atoms with van der Waals surface area (Å²) in [5, 5.41) is 6.44. The standard InChI is InChI=1S/C20H24N4O3S/c25-18(13-27-15-8-2-1-3-9-15)24-11-10-16-17(12-24)28-20(22-16)23-19(26)21-14-6-4-5-7-14/h1-3,8-9,14H,4-7,10-13H2,(H2,21,22,23,26). The van der Waals surface area contributed by atoms with Gasteiger partial charge in [-0.15, -0.1) is 0 Å². The Morgan fingerprint density at radius 1 is 1.21 bits per heavy atom. The van der Waals surface area contributed by atoms with Gasteiger partial charge in [-0.3, -0.25) is 10.1 Å². The molecule has 1 fully saturated rings. The van der Waals surface area contributed by atoms with Gasteiger partial charge in [-0.2, -0.15) is 0 Å². The first kappa shape index (κ1) is 18.7. The molecule has 1 aliphatic carbocycles. The summed E-state index contributed by atoms with van der Waals surface area (Å²) in [5.74, 6) is 0.641. The van der Waals surface area contributed by atoms with E-state index in [0.717, 1.165) is 23.4 Å². The molecule has 0 atom stereocenters. The van der Waals surface area contributed by atoms with E-state index in [1.807, 2.05) is 30.3 Å². The first-order chi connectivity index (χ1) is 13.7. The molecule has 0 saturated heterocycles. The number of fused-ring (bicyclic) bond motifs is 1. The summed E-state index contributed by atoms with van der Waals surface area (Å²) >= 11 is 1.44. The van der Waals surface area contributed by atoms with Gasteiger partial charge in [-0.25, -0.2) is 9.78 Å². The number of carbonyl (C=O) groups excluding carboxylic acids is 2. The minimum atomic E-state index is -0.192. The van der Waals surface area contributed by atoms with Gasteiger partial charge in [0.15, 0.2) is 11.7 Å². The van der Waals surface area contributed by atoms with Crippen LogP contribution in [0.25, 0.3) is 0 Å². The monoisotopic (exact) mass is 400 g/mol. The Labute approximate surface area is 168 Å². The number of carbonyl (C=O) groups is 2. The highest BCUT2D eigenvalue weighted by Crippen LogP contribution is 2.28. The van der Waals surface area contributed by atoms with Crippen molar-refractivity contribution in [2.45, 2.75) is 44.7 Å². The fourth-order valence-electron chi connectivity index (χ4n) is 3.60. The van der Waals surface area contributed by atoms with Crippen molar-refractivity contribution in [3.05, 3.63) is 40.9 Å². The lowest BCUT2D eigenvalue weighted by molar-refractivity contribution is -0.134. The maximum absolute atomic E-state index is 12.5. The van der Waals surface area contributed by atoms with E-state index in [4.69, 9.17) is 4.74 Å². The Morgan fingerprint density at radius 2 is 2.00 bits per heavy atom. The SMILES string of the molecule is O=C(Nc1nc2c(s1)CN(C(=O)COc1ccccc1)CC2)NC1CCCC1. The third-order valence-electron chi connectivity index (χ3n) is 5.10. The van der Waals surface area contributed by atoms with Gasteiger partial charge >= 0.3 is 6.03 Å². The van der Waals surface area contributed by atoms with Crippen LogP contribution < -0.4 is 15.4 Å². The van der Waals surface area contributed by atoms with Crippen LogP contribution >= 0.6 is 11.3 Å². The Morgan fingerprint density at radius 3 is 2.79 bits per heavy atom. The minimum Gasteiger partial charge on any atom is -0.484 e. The number of urea groups is 1. The van der Waals surface area contributed by atoms with E-state index in [9.17, 15) is 9.59 Å². The molecule has 2 N–H and O–H groups in total. The highest BCUT2D eigenvalue weighted by Gasteiger charge is 2.25. The molecule has 0 spiro atoms. The number of anilines is 1. The lowest BCUT2D eigenvalue weighted by atomic mass is 10.2. The van der Waals surface area contributed by atoms with Crippen molar-refractivity contribution in [1.82, 2.24) is 15.2 Å². The van der Waals surface area contributed by atoms with Gasteiger partial charge in [0.1, 0.15) is 5.75 Å². The zero-order chi connectivity index (χ0) is 19.3. The van der Waals surface area contributed by atoms with E-state index in [-0.39, 0.29) is 24.6 Å². The Hall–Kier alpha value is -2.61. The molecule has 28 heavy (non-hydrogen) atoms. The molecule has 0 radical (unpaired) electrons. The van der Waals surface area contributed by atoms with E-state index in [2.05, 4.69) is 15.6 Å². The molecule has 4 rings (SSSR count). The number of amides is 3. The van der Waals surface area contributed by atoms with Crippen molar-refractivity contribution >= 4 is 28.4 Å².